The molecule has 1 aliphatic heterocycles. The zero-order valence-electron chi connectivity index (χ0n) is 17.1. The molecule has 32 heavy (non-hydrogen) atoms. The smallest absolute Gasteiger partial charge is 0.278 e. The van der Waals surface area contributed by atoms with E-state index >= 15 is 0 Å². The Morgan fingerprint density at radius 2 is 1.94 bits per heavy atom. The summed E-state index contributed by atoms with van der Waals surface area (Å²) in [5.74, 6) is 3.03. The number of fused-ring (bicyclic) bond motifs is 2. The standard InChI is InChI=1S/C21H18ClN7O3/c1-27-17(30)6-5-13-19(27)21(31)29(10-23-13)9-16-25-20(26-32-16)18-11-7-28(8-12(11)18)15-4-2-3-14(22)24-15/h2-6,10-12,18H,7-9H2,1H3. The number of halogens is 1. The third kappa shape index (κ3) is 3.01. The lowest BCUT2D eigenvalue weighted by atomic mass is 10.2. The van der Waals surface area contributed by atoms with Gasteiger partial charge in [-0.3, -0.25) is 14.2 Å². The van der Waals surface area contributed by atoms with Gasteiger partial charge < -0.3 is 14.0 Å². The molecule has 4 aromatic rings. The molecule has 4 aromatic heterocycles. The van der Waals surface area contributed by atoms with Gasteiger partial charge in [0.25, 0.3) is 11.1 Å². The molecule has 2 atom stereocenters. The summed E-state index contributed by atoms with van der Waals surface area (Å²) in [7, 11) is 1.55. The minimum atomic E-state index is -0.331. The second kappa shape index (κ2) is 6.99. The fourth-order valence-corrected chi connectivity index (χ4v) is 4.86. The van der Waals surface area contributed by atoms with Crippen LogP contribution in [0.5, 0.6) is 0 Å². The van der Waals surface area contributed by atoms with Crippen LogP contribution in [0.15, 0.2) is 50.8 Å². The van der Waals surface area contributed by atoms with Crippen LogP contribution in [0, 0.1) is 11.8 Å². The van der Waals surface area contributed by atoms with Crippen LogP contribution in [0.25, 0.3) is 11.0 Å². The molecule has 5 heterocycles. The molecular formula is C21H18ClN7O3. The highest BCUT2D eigenvalue weighted by atomic mass is 35.5. The van der Waals surface area contributed by atoms with Crippen LogP contribution in [-0.2, 0) is 13.6 Å². The molecule has 0 bridgehead atoms. The Labute approximate surface area is 186 Å². The van der Waals surface area contributed by atoms with Crippen LogP contribution >= 0.6 is 11.6 Å². The molecule has 2 aliphatic rings. The Morgan fingerprint density at radius 3 is 2.72 bits per heavy atom. The third-order valence-electron chi connectivity index (χ3n) is 6.40. The normalized spacial score (nSPS) is 21.8. The Bertz CT molecular complexity index is 1460. The van der Waals surface area contributed by atoms with Crippen LogP contribution in [0.4, 0.5) is 5.82 Å². The molecule has 2 unspecified atom stereocenters. The van der Waals surface area contributed by atoms with Crippen molar-refractivity contribution in [1.82, 2.24) is 29.2 Å². The molecule has 2 fully saturated rings. The average Bonchev–Trinajstić information content (AvgIpc) is 3.12. The maximum Gasteiger partial charge on any atom is 0.278 e. The first-order valence-electron chi connectivity index (χ1n) is 10.2. The predicted molar refractivity (Wildman–Crippen MR) is 116 cm³/mol. The third-order valence-corrected chi connectivity index (χ3v) is 6.61. The number of aryl methyl sites for hydroxylation is 1. The van der Waals surface area contributed by atoms with Gasteiger partial charge in [0.05, 0.1) is 11.8 Å². The van der Waals surface area contributed by atoms with E-state index in [9.17, 15) is 9.59 Å². The molecule has 11 heteroatoms. The lowest BCUT2D eigenvalue weighted by molar-refractivity contribution is 0.363. The Balaban J connectivity index is 1.19. The van der Waals surface area contributed by atoms with Crippen LogP contribution in [0.1, 0.15) is 17.6 Å². The van der Waals surface area contributed by atoms with Gasteiger partial charge in [-0.1, -0.05) is 22.8 Å². The number of hydrogen-bond donors (Lipinski definition) is 0. The summed E-state index contributed by atoms with van der Waals surface area (Å²) in [5.41, 5.74) is 0.106. The van der Waals surface area contributed by atoms with Gasteiger partial charge in [0.15, 0.2) is 5.82 Å². The number of piperidine rings is 1. The Kier molecular flexibility index (Phi) is 4.19. The molecule has 1 aliphatic carbocycles. The van der Waals surface area contributed by atoms with Crippen LogP contribution < -0.4 is 16.0 Å². The van der Waals surface area contributed by atoms with Gasteiger partial charge in [0.2, 0.25) is 5.89 Å². The maximum absolute atomic E-state index is 12.9. The monoisotopic (exact) mass is 451 g/mol. The van der Waals surface area contributed by atoms with Crippen molar-refractivity contribution in [2.45, 2.75) is 12.5 Å². The van der Waals surface area contributed by atoms with Crippen molar-refractivity contribution in [3.8, 4) is 0 Å². The molecule has 6 rings (SSSR count). The van der Waals surface area contributed by atoms with Gasteiger partial charge in [0, 0.05) is 32.1 Å². The van der Waals surface area contributed by atoms with Crippen LogP contribution in [0.3, 0.4) is 0 Å². The van der Waals surface area contributed by atoms with E-state index < -0.39 is 0 Å². The maximum atomic E-state index is 12.9. The van der Waals surface area contributed by atoms with Crippen molar-refractivity contribution in [3.05, 3.63) is 74.2 Å². The van der Waals surface area contributed by atoms with Crippen molar-refractivity contribution in [2.75, 3.05) is 18.0 Å². The van der Waals surface area contributed by atoms with Gasteiger partial charge in [0.1, 0.15) is 23.0 Å². The van der Waals surface area contributed by atoms with Gasteiger partial charge in [-0.2, -0.15) is 4.98 Å². The van der Waals surface area contributed by atoms with E-state index in [-0.39, 0.29) is 29.1 Å². The molecule has 1 saturated heterocycles. The van der Waals surface area contributed by atoms with Crippen molar-refractivity contribution in [1.29, 1.82) is 0 Å². The first kappa shape index (κ1) is 19.2. The van der Waals surface area contributed by atoms with E-state index in [2.05, 4.69) is 25.0 Å². The summed E-state index contributed by atoms with van der Waals surface area (Å²) in [5, 5.41) is 4.65. The topological polar surface area (TPSA) is 112 Å². The Hall–Kier alpha value is -3.53. The van der Waals surface area contributed by atoms with Crippen LogP contribution in [0.2, 0.25) is 5.15 Å². The first-order chi connectivity index (χ1) is 15.5. The summed E-state index contributed by atoms with van der Waals surface area (Å²) in [4.78, 5) is 40.2. The SMILES string of the molecule is Cn1c(=O)ccc2ncn(Cc3nc(C4C5CN(c6cccc(Cl)n6)CC54)no3)c(=O)c21. The summed E-state index contributed by atoms with van der Waals surface area (Å²) in [6.45, 7) is 1.84. The first-order valence-corrected chi connectivity index (χ1v) is 10.6. The summed E-state index contributed by atoms with van der Waals surface area (Å²) < 4.78 is 8.10. The zero-order valence-corrected chi connectivity index (χ0v) is 17.8. The second-order valence-electron chi connectivity index (χ2n) is 8.27. The molecule has 10 nitrogen and oxygen atoms in total. The van der Waals surface area contributed by atoms with E-state index in [0.29, 0.717) is 34.2 Å². The van der Waals surface area contributed by atoms with E-state index in [0.717, 1.165) is 18.9 Å². The van der Waals surface area contributed by atoms with Gasteiger partial charge >= 0.3 is 0 Å². The largest absolute Gasteiger partial charge is 0.356 e. The molecule has 0 spiro atoms. The Morgan fingerprint density at radius 1 is 1.12 bits per heavy atom. The molecule has 0 amide bonds. The van der Waals surface area contributed by atoms with E-state index in [1.54, 1.807) is 19.2 Å². The van der Waals surface area contributed by atoms with Crippen molar-refractivity contribution < 1.29 is 4.52 Å². The number of aromatic nitrogens is 6. The molecule has 0 N–H and O–H groups in total. The second-order valence-corrected chi connectivity index (χ2v) is 8.65. The summed E-state index contributed by atoms with van der Waals surface area (Å²) in [6, 6.07) is 8.56. The predicted octanol–water partition coefficient (Wildman–Crippen LogP) is 1.42. The highest BCUT2D eigenvalue weighted by molar-refractivity contribution is 6.29. The number of hydrogen-bond acceptors (Lipinski definition) is 8. The van der Waals surface area contributed by atoms with E-state index in [4.69, 9.17) is 16.1 Å². The van der Waals surface area contributed by atoms with Crippen LogP contribution in [-0.4, -0.2) is 42.3 Å². The minimum Gasteiger partial charge on any atom is -0.356 e. The van der Waals surface area contributed by atoms with Gasteiger partial charge in [-0.15, -0.1) is 0 Å². The molecule has 0 radical (unpaired) electrons. The quantitative estimate of drug-likeness (QED) is 0.428. The molecular weight excluding hydrogens is 434 g/mol. The van der Waals surface area contributed by atoms with Gasteiger partial charge in [-0.25, -0.2) is 9.97 Å². The minimum absolute atomic E-state index is 0.0957. The number of nitrogens with zero attached hydrogens (tertiary/aromatic N) is 7. The van der Waals surface area contributed by atoms with Gasteiger partial charge in [-0.05, 0) is 30.0 Å². The van der Waals surface area contributed by atoms with Crippen molar-refractivity contribution in [3.63, 3.8) is 0 Å². The highest BCUT2D eigenvalue weighted by Crippen LogP contribution is 2.57. The van der Waals surface area contributed by atoms with E-state index in [1.807, 2.05) is 12.1 Å². The number of anilines is 1. The van der Waals surface area contributed by atoms with Crippen molar-refractivity contribution >= 4 is 28.5 Å². The summed E-state index contributed by atoms with van der Waals surface area (Å²) >= 11 is 6.01. The van der Waals surface area contributed by atoms with E-state index in [1.165, 1.54) is 21.5 Å². The van der Waals surface area contributed by atoms with Crippen molar-refractivity contribution in [2.24, 2.45) is 18.9 Å². The zero-order chi connectivity index (χ0) is 22.0. The number of pyridine rings is 2. The average molecular weight is 452 g/mol. The fraction of sp³-hybridized carbons (Fsp3) is 0.333. The fourth-order valence-electron chi connectivity index (χ4n) is 4.70. The molecule has 1 saturated carbocycles. The summed E-state index contributed by atoms with van der Waals surface area (Å²) in [6.07, 6.45) is 1.43. The highest BCUT2D eigenvalue weighted by Gasteiger charge is 2.58. The molecule has 0 aromatic carbocycles. The molecule has 162 valence electrons. The lowest BCUT2D eigenvalue weighted by Crippen LogP contribution is -2.28. The number of rotatable bonds is 4. The lowest BCUT2D eigenvalue weighted by Gasteiger charge is -2.20.